The van der Waals surface area contributed by atoms with Crippen molar-refractivity contribution in [1.82, 2.24) is 0 Å². The Labute approximate surface area is 821 Å². The molecule has 10 aromatic heterocycles. The standard InChI is InChI=1S/C31H26NO.C26H24NO.C25H22NO.C24H20NO.C23H18NO/c1-19-13-15-22(16-14-19)26-17-27(32(4)18-20(26)2)29-21(3)23-9-5-6-10-24(23)30-25-11-7-8-12-28(25)33-31(29)30;1-16(2)18-13-14-27(4)22(15-18)24-17(3)19-9-5-6-10-20(19)26-25(24)21-11-7-8-12-23(21)28-26;1-4-17-13-14-26(3)21(15-17)23-16(2)18-9-5-6-10-19(18)25-24(23)20-11-7-8-12-22(20)27-25;1-15-12-13-25(3)20(14-15)22-16(2)17-8-4-5-9-18(17)24-23(22)19-10-6-7-11-21(19)26-24;1-15-16-9-3-4-10-17(16)23-22(18-11-5-6-13-20(18)25-23)21(15)19-12-7-8-14-24(19)2/h5-18H,1-4H3;5-16H,1-4H3;5-15H,4H2,1-3H3;4-14H,1-3H3;3-14H,1-2H3/q5*+1/i2D3;1D3,16D;4D2;;. The summed E-state index contributed by atoms with van der Waals surface area (Å²) >= 11 is 0. The van der Waals surface area contributed by atoms with Crippen LogP contribution in [0.2, 0.25) is 0 Å². The van der Waals surface area contributed by atoms with Gasteiger partial charge in [0.2, 0.25) is 28.5 Å². The molecule has 0 saturated heterocycles. The Morgan fingerprint density at radius 1 is 0.281 bits per heavy atom. The van der Waals surface area contributed by atoms with Gasteiger partial charge < -0.3 is 22.1 Å². The summed E-state index contributed by atoms with van der Waals surface area (Å²) in [7, 11) is 10.1. The zero-order chi connectivity index (χ0) is 103. The van der Waals surface area contributed by atoms with Crippen molar-refractivity contribution in [3.8, 4) is 67.4 Å². The number of rotatable bonds is 8. The molecule has 26 rings (SSSR count). The zero-order valence-corrected chi connectivity index (χ0v) is 80.3. The van der Waals surface area contributed by atoms with Crippen LogP contribution in [0.5, 0.6) is 0 Å². The molecule has 10 heterocycles. The molecule has 0 fully saturated rings. The molecule has 139 heavy (non-hydrogen) atoms. The topological polar surface area (TPSA) is 85.1 Å². The first-order chi connectivity index (χ1) is 71.1. The minimum Gasteiger partial charge on any atom is -0.455 e. The minimum absolute atomic E-state index is 0.330. The molecule has 0 amide bonds. The predicted octanol–water partition coefficient (Wildman–Crippen LogP) is 32.0. The van der Waals surface area contributed by atoms with Crippen LogP contribution >= 0.6 is 0 Å². The smallest absolute Gasteiger partial charge is 0.217 e. The van der Waals surface area contributed by atoms with Gasteiger partial charge in [-0.15, -0.1) is 0 Å². The molecule has 10 heteroatoms. The highest BCUT2D eigenvalue weighted by molar-refractivity contribution is 6.27. The van der Waals surface area contributed by atoms with Crippen molar-refractivity contribution in [3.05, 3.63) is 414 Å². The van der Waals surface area contributed by atoms with Gasteiger partial charge in [-0.1, -0.05) is 263 Å². The Morgan fingerprint density at radius 2 is 0.604 bits per heavy atom. The molecule has 0 aliphatic rings. The quantitative estimate of drug-likeness (QED) is 0.142. The summed E-state index contributed by atoms with van der Waals surface area (Å²) in [4.78, 5) is 0. The summed E-state index contributed by atoms with van der Waals surface area (Å²) in [5.74, 6) is -1.72. The maximum atomic E-state index is 8.61. The molecule has 10 nitrogen and oxygen atoms in total. The van der Waals surface area contributed by atoms with Crippen LogP contribution in [0.1, 0.15) is 94.6 Å². The highest BCUT2D eigenvalue weighted by atomic mass is 16.3. The van der Waals surface area contributed by atoms with Crippen LogP contribution in [0.4, 0.5) is 0 Å². The van der Waals surface area contributed by atoms with E-state index in [9.17, 15) is 0 Å². The summed E-state index contributed by atoms with van der Waals surface area (Å²) in [5, 5.41) is 22.6. The molecule has 0 N–H and O–H groups in total. The van der Waals surface area contributed by atoms with E-state index in [-0.39, 0.29) is 0 Å². The number of pyridine rings is 5. The van der Waals surface area contributed by atoms with Crippen molar-refractivity contribution in [3.63, 3.8) is 0 Å². The fraction of sp³-hybridized carbons (Fsp3) is 0.140. The van der Waals surface area contributed by atoms with E-state index < -0.39 is 26.0 Å². The van der Waals surface area contributed by atoms with Crippen molar-refractivity contribution >= 4 is 164 Å². The van der Waals surface area contributed by atoms with Gasteiger partial charge in [-0.05, 0) is 192 Å². The molecule has 1 unspecified atom stereocenters. The maximum absolute atomic E-state index is 8.61. The van der Waals surface area contributed by atoms with Gasteiger partial charge in [0.25, 0.3) is 0 Å². The third-order valence-electron chi connectivity index (χ3n) is 28.3. The molecule has 0 aliphatic heterocycles. The van der Waals surface area contributed by atoms with E-state index >= 15 is 0 Å². The van der Waals surface area contributed by atoms with Crippen molar-refractivity contribution in [2.75, 3.05) is 0 Å². The average Bonchev–Trinajstić information content (AvgIpc) is 1.55. The first-order valence-corrected chi connectivity index (χ1v) is 47.3. The summed E-state index contributed by atoms with van der Waals surface area (Å²) in [6.45, 7) is 13.3. The fourth-order valence-corrected chi connectivity index (χ4v) is 21.3. The van der Waals surface area contributed by atoms with Crippen LogP contribution in [-0.4, -0.2) is 0 Å². The number of aryl methyl sites for hydroxylation is 14. The highest BCUT2D eigenvalue weighted by Crippen LogP contribution is 2.50. The number of aromatic nitrogens is 5. The van der Waals surface area contributed by atoms with Crippen LogP contribution in [0.15, 0.2) is 381 Å². The Morgan fingerprint density at radius 3 is 1.01 bits per heavy atom. The van der Waals surface area contributed by atoms with E-state index in [4.69, 9.17) is 34.4 Å². The second-order valence-corrected chi connectivity index (χ2v) is 36.8. The van der Waals surface area contributed by atoms with Crippen molar-refractivity contribution < 1.29 is 57.3 Å². The molecular weight excluding hydrogens is 1700 g/mol. The summed E-state index contributed by atoms with van der Waals surface area (Å²) in [6, 6.07) is 111. The van der Waals surface area contributed by atoms with Crippen molar-refractivity contribution in [2.45, 2.75) is 88.3 Å². The molecule has 26 aromatic rings. The fourth-order valence-electron chi connectivity index (χ4n) is 21.3. The third kappa shape index (κ3) is 15.1. The summed E-state index contributed by atoms with van der Waals surface area (Å²) in [6.07, 6.45) is 8.35. The van der Waals surface area contributed by atoms with Crippen molar-refractivity contribution in [1.29, 1.82) is 0 Å². The first kappa shape index (κ1) is 77.8. The van der Waals surface area contributed by atoms with Gasteiger partial charge in [0.1, 0.15) is 91.1 Å². The molecular formula is C129H110N5O5+5. The molecule has 1 atom stereocenters. The Balaban J connectivity index is 0.000000105. The van der Waals surface area contributed by atoms with Crippen LogP contribution in [0.25, 0.3) is 231 Å². The number of furan rings is 5. The molecule has 16 aromatic carbocycles. The largest absolute Gasteiger partial charge is 0.455 e. The number of hydrogen-bond acceptors (Lipinski definition) is 5. The Hall–Kier alpha value is -16.4. The second kappa shape index (κ2) is 35.7. The van der Waals surface area contributed by atoms with Gasteiger partial charge in [0.15, 0.2) is 31.0 Å². The van der Waals surface area contributed by atoms with Gasteiger partial charge in [0, 0.05) is 148 Å². The second-order valence-electron chi connectivity index (χ2n) is 36.8. The zero-order valence-electron chi connectivity index (χ0n) is 89.3. The Kier molecular flexibility index (Phi) is 20.0. The highest BCUT2D eigenvalue weighted by Gasteiger charge is 2.32. The van der Waals surface area contributed by atoms with Crippen LogP contribution in [-0.2, 0) is 41.6 Å². The number of nitrogens with zero attached hydrogens (tertiary/aromatic N) is 5. The number of hydrogen-bond donors (Lipinski definition) is 0. The lowest BCUT2D eigenvalue weighted by atomic mass is 9.91. The van der Waals surface area contributed by atoms with E-state index in [0.29, 0.717) is 22.3 Å². The summed E-state index contributed by atoms with van der Waals surface area (Å²) < 4.78 is 116. The third-order valence-corrected chi connectivity index (χ3v) is 28.3. The van der Waals surface area contributed by atoms with Crippen LogP contribution in [0.3, 0.4) is 0 Å². The normalized spacial score (nSPS) is 13.4. The Bertz CT molecular complexity index is 9900. The molecule has 0 spiro atoms. The van der Waals surface area contributed by atoms with Crippen LogP contribution < -0.4 is 22.8 Å². The lowest BCUT2D eigenvalue weighted by Crippen LogP contribution is -2.31. The molecule has 0 radical (unpaired) electrons. The van der Waals surface area contributed by atoms with Gasteiger partial charge in [-0.25, -0.2) is 22.8 Å². The molecule has 0 saturated carbocycles. The first-order valence-electron chi connectivity index (χ1n) is 51.8. The number of benzene rings is 16. The number of fused-ring (bicyclic) bond motifs is 25. The molecule has 0 aliphatic carbocycles. The predicted molar refractivity (Wildman–Crippen MR) is 576 cm³/mol. The van der Waals surface area contributed by atoms with Gasteiger partial charge >= 0.3 is 0 Å². The minimum atomic E-state index is -2.44. The SMILES string of the molecule is Cc1c(-c2cccc[n+]2C)c2c3ccccc3oc2c2ccccc12.Cc1cc[n+](C)c(-c2c(C)c3ccccc3c3oc4ccccc4c23)c1.[2H]C([2H])(C)c1cc[n+](C)c(-c2c(C)c3ccccc3c3oc4ccccc4c23)c1.[2H]C([2H])([2H])C([2H])(C)c1cc[n+](C)c(-c2c(C)c3ccccc3c3oc4ccccc4c23)c1.[2H]C([2H])([2H])c1c[n+](C)c(-c2c(C)c3ccccc3c3c2oc2ccccc23)cc1-c1ccc(C)cc1. The maximum Gasteiger partial charge on any atom is 0.217 e. The number of para-hydroxylation sites is 5. The van der Waals surface area contributed by atoms with E-state index in [2.05, 4.69) is 264 Å². The van der Waals surface area contributed by atoms with E-state index in [0.717, 1.165) is 176 Å². The van der Waals surface area contributed by atoms with E-state index in [1.807, 2.05) is 189 Å². The lowest BCUT2D eigenvalue weighted by molar-refractivity contribution is -0.660. The summed E-state index contributed by atoms with van der Waals surface area (Å²) in [5.41, 5.74) is 31.0. The van der Waals surface area contributed by atoms with E-state index in [1.165, 1.54) is 94.8 Å². The molecule has 0 bridgehead atoms. The van der Waals surface area contributed by atoms with Crippen molar-refractivity contribution in [2.24, 2.45) is 35.2 Å². The van der Waals surface area contributed by atoms with E-state index in [1.54, 1.807) is 19.2 Å². The monoisotopic (exact) mass is 1820 g/mol. The van der Waals surface area contributed by atoms with Gasteiger partial charge in [-0.3, -0.25) is 0 Å². The molecule has 676 valence electrons. The lowest BCUT2D eigenvalue weighted by Gasteiger charge is -2.13. The van der Waals surface area contributed by atoms with Crippen LogP contribution in [0, 0.1) is 55.3 Å². The van der Waals surface area contributed by atoms with Gasteiger partial charge in [-0.2, -0.15) is 0 Å². The average molecular weight is 1820 g/mol. The van der Waals surface area contributed by atoms with Gasteiger partial charge in [0.05, 0.1) is 27.8 Å².